The van der Waals surface area contributed by atoms with Crippen LogP contribution in [0.4, 0.5) is 0 Å². The van der Waals surface area contributed by atoms with E-state index < -0.39 is 0 Å². The van der Waals surface area contributed by atoms with E-state index in [1.165, 1.54) is 5.56 Å². The van der Waals surface area contributed by atoms with Gasteiger partial charge >= 0.3 is 0 Å². The normalized spacial score (nSPS) is 24.3. The highest BCUT2D eigenvalue weighted by atomic mass is 16.5. The van der Waals surface area contributed by atoms with Gasteiger partial charge in [0.05, 0.1) is 7.11 Å². The van der Waals surface area contributed by atoms with Gasteiger partial charge in [0.15, 0.2) is 0 Å². The highest BCUT2D eigenvalue weighted by Gasteiger charge is 2.36. The number of nitrogens with zero attached hydrogens (tertiary/aromatic N) is 2. The van der Waals surface area contributed by atoms with Gasteiger partial charge in [-0.05, 0) is 43.4 Å². The second kappa shape index (κ2) is 7.24. The summed E-state index contributed by atoms with van der Waals surface area (Å²) in [5.74, 6) is 0.978. The third-order valence-corrected chi connectivity index (χ3v) is 5.30. The minimum atomic E-state index is -0.134. The van der Waals surface area contributed by atoms with Gasteiger partial charge in [0.1, 0.15) is 5.75 Å². The standard InChI is InChI=1S/C19H26N2O3/c1-20-11-9-15(13-18(20)22)19(23)21-10-3-4-16(21)12-14-5-7-17(24-2)8-6-14/h5-8,15-16H,3-4,9-13H2,1-2H3. The molecule has 3 rings (SSSR count). The number of carbonyl (C=O) groups is 2. The summed E-state index contributed by atoms with van der Waals surface area (Å²) in [5, 5.41) is 0. The van der Waals surface area contributed by atoms with Crippen LogP contribution in [0.3, 0.4) is 0 Å². The minimum Gasteiger partial charge on any atom is -0.497 e. The fourth-order valence-corrected chi connectivity index (χ4v) is 3.76. The van der Waals surface area contributed by atoms with Gasteiger partial charge in [-0.15, -0.1) is 0 Å². The molecule has 2 amide bonds. The number of hydrogen-bond acceptors (Lipinski definition) is 3. The molecule has 2 fully saturated rings. The van der Waals surface area contributed by atoms with Crippen LogP contribution in [0, 0.1) is 5.92 Å². The smallest absolute Gasteiger partial charge is 0.226 e. The third-order valence-electron chi connectivity index (χ3n) is 5.30. The quantitative estimate of drug-likeness (QED) is 0.849. The molecule has 2 aliphatic rings. The Morgan fingerprint density at radius 3 is 2.62 bits per heavy atom. The van der Waals surface area contributed by atoms with Gasteiger partial charge in [-0.1, -0.05) is 12.1 Å². The van der Waals surface area contributed by atoms with Crippen molar-refractivity contribution < 1.29 is 14.3 Å². The van der Waals surface area contributed by atoms with Crippen molar-refractivity contribution in [3.05, 3.63) is 29.8 Å². The van der Waals surface area contributed by atoms with Gasteiger partial charge in [0.2, 0.25) is 11.8 Å². The first-order chi connectivity index (χ1) is 11.6. The molecule has 2 unspecified atom stereocenters. The van der Waals surface area contributed by atoms with Crippen molar-refractivity contribution in [1.29, 1.82) is 0 Å². The molecule has 0 N–H and O–H groups in total. The van der Waals surface area contributed by atoms with Crippen molar-refractivity contribution in [3.63, 3.8) is 0 Å². The van der Waals surface area contributed by atoms with Crippen LogP contribution in [0.25, 0.3) is 0 Å². The second-order valence-corrected chi connectivity index (χ2v) is 6.88. The van der Waals surface area contributed by atoms with E-state index in [0.29, 0.717) is 13.0 Å². The van der Waals surface area contributed by atoms with E-state index in [2.05, 4.69) is 12.1 Å². The van der Waals surface area contributed by atoms with E-state index in [1.807, 2.05) is 24.1 Å². The van der Waals surface area contributed by atoms with Crippen molar-refractivity contribution in [2.75, 3.05) is 27.2 Å². The molecule has 1 aromatic rings. The average Bonchev–Trinajstić information content (AvgIpc) is 3.05. The van der Waals surface area contributed by atoms with Crippen molar-refractivity contribution in [2.45, 2.75) is 38.1 Å². The van der Waals surface area contributed by atoms with Gasteiger partial charge in [-0.25, -0.2) is 0 Å². The molecule has 0 radical (unpaired) electrons. The molecular formula is C19H26N2O3. The lowest BCUT2D eigenvalue weighted by molar-refractivity contribution is -0.144. The summed E-state index contributed by atoms with van der Waals surface area (Å²) in [6.07, 6.45) is 4.11. The summed E-state index contributed by atoms with van der Waals surface area (Å²) in [7, 11) is 3.47. The molecule has 2 atom stereocenters. The van der Waals surface area contributed by atoms with Crippen LogP contribution in [0.5, 0.6) is 5.75 Å². The molecule has 2 heterocycles. The topological polar surface area (TPSA) is 49.9 Å². The lowest BCUT2D eigenvalue weighted by Gasteiger charge is -2.33. The van der Waals surface area contributed by atoms with Crippen molar-refractivity contribution in [2.24, 2.45) is 5.92 Å². The van der Waals surface area contributed by atoms with Crippen LogP contribution in [0.1, 0.15) is 31.2 Å². The van der Waals surface area contributed by atoms with Crippen LogP contribution < -0.4 is 4.74 Å². The molecule has 1 aromatic carbocycles. The molecule has 2 aliphatic heterocycles. The summed E-state index contributed by atoms with van der Waals surface area (Å²) in [6.45, 7) is 1.51. The summed E-state index contributed by atoms with van der Waals surface area (Å²) in [4.78, 5) is 28.5. The Hall–Kier alpha value is -2.04. The molecule has 0 spiro atoms. The fourth-order valence-electron chi connectivity index (χ4n) is 3.76. The summed E-state index contributed by atoms with van der Waals surface area (Å²) in [5.41, 5.74) is 1.22. The van der Waals surface area contributed by atoms with E-state index in [1.54, 1.807) is 12.0 Å². The largest absolute Gasteiger partial charge is 0.497 e. The first-order valence-electron chi connectivity index (χ1n) is 8.76. The highest BCUT2D eigenvalue weighted by molar-refractivity contribution is 5.87. The van der Waals surface area contributed by atoms with Crippen LogP contribution in [-0.4, -0.2) is 54.9 Å². The van der Waals surface area contributed by atoms with Gasteiger partial charge in [-0.2, -0.15) is 0 Å². The van der Waals surface area contributed by atoms with Gasteiger partial charge in [-0.3, -0.25) is 9.59 Å². The first-order valence-corrected chi connectivity index (χ1v) is 8.76. The Bertz CT molecular complexity index is 599. The molecule has 0 saturated carbocycles. The van der Waals surface area contributed by atoms with Crippen LogP contribution >= 0.6 is 0 Å². The van der Waals surface area contributed by atoms with Crippen molar-refractivity contribution in [1.82, 2.24) is 9.80 Å². The molecule has 2 saturated heterocycles. The maximum Gasteiger partial charge on any atom is 0.226 e. The molecule has 5 nitrogen and oxygen atoms in total. The number of carbonyl (C=O) groups excluding carboxylic acids is 2. The molecule has 0 aliphatic carbocycles. The van der Waals surface area contributed by atoms with E-state index in [0.717, 1.165) is 38.0 Å². The first kappa shape index (κ1) is 16.8. The molecule has 130 valence electrons. The predicted molar refractivity (Wildman–Crippen MR) is 91.8 cm³/mol. The van der Waals surface area contributed by atoms with Crippen LogP contribution in [0.2, 0.25) is 0 Å². The Labute approximate surface area is 143 Å². The number of hydrogen-bond donors (Lipinski definition) is 0. The molecule has 0 aromatic heterocycles. The van der Waals surface area contributed by atoms with Crippen molar-refractivity contribution >= 4 is 11.8 Å². The predicted octanol–water partition coefficient (Wildman–Crippen LogP) is 2.10. The third kappa shape index (κ3) is 3.55. The highest BCUT2D eigenvalue weighted by Crippen LogP contribution is 2.27. The number of ether oxygens (including phenoxy) is 1. The Morgan fingerprint density at radius 2 is 1.96 bits per heavy atom. The molecular weight excluding hydrogens is 304 g/mol. The number of piperidine rings is 1. The molecule has 5 heteroatoms. The Morgan fingerprint density at radius 1 is 1.21 bits per heavy atom. The van der Waals surface area contributed by atoms with Crippen molar-refractivity contribution in [3.8, 4) is 5.75 Å². The van der Waals surface area contributed by atoms with Gasteiger partial charge < -0.3 is 14.5 Å². The van der Waals surface area contributed by atoms with E-state index in [9.17, 15) is 9.59 Å². The summed E-state index contributed by atoms with van der Waals surface area (Å²) < 4.78 is 5.20. The number of methoxy groups -OCH3 is 1. The second-order valence-electron chi connectivity index (χ2n) is 6.88. The van der Waals surface area contributed by atoms with E-state index in [4.69, 9.17) is 4.74 Å². The Balaban J connectivity index is 1.64. The molecule has 0 bridgehead atoms. The van der Waals surface area contributed by atoms with Crippen LogP contribution in [-0.2, 0) is 16.0 Å². The lowest BCUT2D eigenvalue weighted by atomic mass is 9.94. The van der Waals surface area contributed by atoms with Crippen LogP contribution in [0.15, 0.2) is 24.3 Å². The average molecular weight is 330 g/mol. The minimum absolute atomic E-state index is 0.0884. The molecule has 24 heavy (non-hydrogen) atoms. The number of amides is 2. The zero-order chi connectivity index (χ0) is 17.1. The Kier molecular flexibility index (Phi) is 5.07. The zero-order valence-corrected chi connectivity index (χ0v) is 14.5. The fraction of sp³-hybridized carbons (Fsp3) is 0.579. The summed E-state index contributed by atoms with van der Waals surface area (Å²) in [6, 6.07) is 8.32. The summed E-state index contributed by atoms with van der Waals surface area (Å²) >= 11 is 0. The zero-order valence-electron chi connectivity index (χ0n) is 14.5. The lowest BCUT2D eigenvalue weighted by Crippen LogP contribution is -2.45. The van der Waals surface area contributed by atoms with E-state index in [-0.39, 0.29) is 23.8 Å². The monoisotopic (exact) mass is 330 g/mol. The number of benzene rings is 1. The number of rotatable bonds is 4. The van der Waals surface area contributed by atoms with E-state index >= 15 is 0 Å². The number of likely N-dealkylation sites (tertiary alicyclic amines) is 2. The SMILES string of the molecule is COc1ccc(CC2CCCN2C(=O)C2CCN(C)C(=O)C2)cc1. The maximum absolute atomic E-state index is 12.9. The van der Waals surface area contributed by atoms with Gasteiger partial charge in [0, 0.05) is 38.5 Å². The maximum atomic E-state index is 12.9. The van der Waals surface area contributed by atoms with Gasteiger partial charge in [0.25, 0.3) is 0 Å².